The van der Waals surface area contributed by atoms with E-state index in [1.165, 1.54) is 37.8 Å². The molecule has 4 aromatic rings. The third-order valence-corrected chi connectivity index (χ3v) is 9.44. The highest BCUT2D eigenvalue weighted by molar-refractivity contribution is 6.10. The Bertz CT molecular complexity index is 1600. The Labute approximate surface area is 239 Å². The van der Waals surface area contributed by atoms with E-state index in [0.717, 1.165) is 64.9 Å². The van der Waals surface area contributed by atoms with Crippen molar-refractivity contribution in [3.63, 3.8) is 0 Å². The molecule has 0 radical (unpaired) electrons. The highest BCUT2D eigenvalue weighted by Gasteiger charge is 2.29. The van der Waals surface area contributed by atoms with Gasteiger partial charge in [0.15, 0.2) is 0 Å². The number of nitrogens with two attached hydrogens (primary N) is 1. The van der Waals surface area contributed by atoms with Crippen LogP contribution < -0.4 is 16.0 Å². The molecule has 0 unspecified atom stereocenters. The number of anilines is 2. The Morgan fingerprint density at radius 3 is 2.56 bits per heavy atom. The van der Waals surface area contributed by atoms with Crippen molar-refractivity contribution >= 4 is 45.0 Å². The molecule has 0 spiro atoms. The standard InChI is InChI=1S/C32H37N7O2/c33-24-6-9-29-23(16-24)20-39(36-29)25-7-4-21(5-8-25)19-37-13-10-22(11-14-37)26-2-1-3-27-28(26)17-34-18-30(27)38-15-12-31(40)35-32(38)41/h1-3,6,9,16-18,20-22,25H,4-5,7-8,10-15,19,33H2,(H,35,40,41). The first-order valence-corrected chi connectivity index (χ1v) is 15.0. The lowest BCUT2D eigenvalue weighted by Gasteiger charge is -2.37. The summed E-state index contributed by atoms with van der Waals surface area (Å²) in [7, 11) is 0. The predicted molar refractivity (Wildman–Crippen MR) is 161 cm³/mol. The number of hydrogen-bond acceptors (Lipinski definition) is 6. The normalized spacial score (nSPS) is 22.9. The molecule has 212 valence electrons. The number of carbonyl (C=O) groups is 2. The molecule has 3 amide bonds. The van der Waals surface area contributed by atoms with Crippen LogP contribution in [0.5, 0.6) is 0 Å². The fourth-order valence-electron chi connectivity index (χ4n) is 7.20. The Hall–Kier alpha value is -3.98. The first-order valence-electron chi connectivity index (χ1n) is 15.0. The summed E-state index contributed by atoms with van der Waals surface area (Å²) in [6.07, 6.45) is 13.2. The van der Waals surface area contributed by atoms with E-state index in [1.54, 1.807) is 11.1 Å². The van der Waals surface area contributed by atoms with Gasteiger partial charge in [0, 0.05) is 53.8 Å². The fourth-order valence-corrected chi connectivity index (χ4v) is 7.20. The average molecular weight is 552 g/mol. The molecule has 4 heterocycles. The Kier molecular flexibility index (Phi) is 6.82. The minimum Gasteiger partial charge on any atom is -0.399 e. The van der Waals surface area contributed by atoms with Crippen molar-refractivity contribution in [3.05, 3.63) is 60.6 Å². The van der Waals surface area contributed by atoms with Crippen molar-refractivity contribution in [1.82, 2.24) is 25.0 Å². The summed E-state index contributed by atoms with van der Waals surface area (Å²) in [4.78, 5) is 33.0. The number of nitrogens with zero attached hydrogens (tertiary/aromatic N) is 5. The molecule has 2 aromatic carbocycles. The van der Waals surface area contributed by atoms with Gasteiger partial charge in [-0.05, 0) is 87.2 Å². The number of imide groups is 1. The van der Waals surface area contributed by atoms with Gasteiger partial charge in [-0.25, -0.2) is 4.79 Å². The number of benzene rings is 2. The molecule has 3 N–H and O–H groups in total. The van der Waals surface area contributed by atoms with Gasteiger partial charge in [-0.15, -0.1) is 0 Å². The molecule has 3 fully saturated rings. The SMILES string of the molecule is Nc1ccc2nn(C3CCC(CN4CCC(c5cccc6c(N7CCC(=O)NC7=O)cncc56)CC4)CC3)cc2c1. The van der Waals surface area contributed by atoms with Crippen molar-refractivity contribution in [2.75, 3.05) is 36.8 Å². The van der Waals surface area contributed by atoms with Gasteiger partial charge in [-0.3, -0.25) is 24.7 Å². The van der Waals surface area contributed by atoms with E-state index < -0.39 is 0 Å². The van der Waals surface area contributed by atoms with Crippen molar-refractivity contribution in [2.45, 2.75) is 56.9 Å². The molecule has 1 aliphatic carbocycles. The van der Waals surface area contributed by atoms with Gasteiger partial charge in [0.05, 0.1) is 23.4 Å². The van der Waals surface area contributed by atoms with Crippen LogP contribution in [-0.2, 0) is 4.79 Å². The first kappa shape index (κ1) is 26.0. The molecular weight excluding hydrogens is 514 g/mol. The smallest absolute Gasteiger partial charge is 0.328 e. The number of aromatic nitrogens is 3. The van der Waals surface area contributed by atoms with Gasteiger partial charge in [-0.2, -0.15) is 5.10 Å². The summed E-state index contributed by atoms with van der Waals surface area (Å²) < 4.78 is 2.17. The number of nitrogens with one attached hydrogen (secondary N) is 1. The van der Waals surface area contributed by atoms with Crippen LogP contribution in [0.3, 0.4) is 0 Å². The zero-order chi connectivity index (χ0) is 27.9. The largest absolute Gasteiger partial charge is 0.399 e. The highest BCUT2D eigenvalue weighted by atomic mass is 16.2. The lowest BCUT2D eigenvalue weighted by molar-refractivity contribution is -0.120. The van der Waals surface area contributed by atoms with E-state index in [9.17, 15) is 9.59 Å². The summed E-state index contributed by atoms with van der Waals surface area (Å²) in [5, 5.41) is 10.5. The van der Waals surface area contributed by atoms with Gasteiger partial charge < -0.3 is 10.6 Å². The number of piperidine rings is 1. The highest BCUT2D eigenvalue weighted by Crippen LogP contribution is 2.38. The number of likely N-dealkylation sites (tertiary alicyclic amines) is 1. The molecular formula is C32H37N7O2. The zero-order valence-electron chi connectivity index (χ0n) is 23.3. The maximum absolute atomic E-state index is 12.5. The van der Waals surface area contributed by atoms with Crippen LogP contribution in [0.25, 0.3) is 21.7 Å². The molecule has 9 nitrogen and oxygen atoms in total. The summed E-state index contributed by atoms with van der Waals surface area (Å²) >= 11 is 0. The maximum atomic E-state index is 12.5. The quantitative estimate of drug-likeness (QED) is 0.329. The second-order valence-electron chi connectivity index (χ2n) is 12.0. The van der Waals surface area contributed by atoms with E-state index in [1.807, 2.05) is 24.4 Å². The molecule has 7 rings (SSSR count). The number of fused-ring (bicyclic) bond motifs is 2. The third-order valence-electron chi connectivity index (χ3n) is 9.44. The number of carbonyl (C=O) groups excluding carboxylic acids is 2. The van der Waals surface area contributed by atoms with Crippen LogP contribution in [-0.4, -0.2) is 57.8 Å². The molecule has 2 saturated heterocycles. The van der Waals surface area contributed by atoms with Gasteiger partial charge in [0.2, 0.25) is 5.91 Å². The average Bonchev–Trinajstić information content (AvgIpc) is 3.41. The van der Waals surface area contributed by atoms with E-state index in [4.69, 9.17) is 10.8 Å². The van der Waals surface area contributed by atoms with Gasteiger partial charge >= 0.3 is 6.03 Å². The van der Waals surface area contributed by atoms with Gasteiger partial charge in [0.1, 0.15) is 0 Å². The molecule has 3 aliphatic rings. The van der Waals surface area contributed by atoms with E-state index >= 15 is 0 Å². The summed E-state index contributed by atoms with van der Waals surface area (Å²) in [5.41, 5.74) is 9.86. The maximum Gasteiger partial charge on any atom is 0.328 e. The molecule has 2 aromatic heterocycles. The van der Waals surface area contributed by atoms with Crippen LogP contribution >= 0.6 is 0 Å². The van der Waals surface area contributed by atoms with Crippen LogP contribution in [0.2, 0.25) is 0 Å². The van der Waals surface area contributed by atoms with E-state index in [2.05, 4.69) is 44.3 Å². The fraction of sp³-hybridized carbons (Fsp3) is 0.438. The van der Waals surface area contributed by atoms with Crippen LogP contribution in [0.15, 0.2) is 55.0 Å². The lowest BCUT2D eigenvalue weighted by Crippen LogP contribution is -2.49. The number of nitrogen functional groups attached to an aromatic ring is 1. The predicted octanol–water partition coefficient (Wildman–Crippen LogP) is 5.22. The minimum absolute atomic E-state index is 0.225. The van der Waals surface area contributed by atoms with Crippen LogP contribution in [0.4, 0.5) is 16.2 Å². The Morgan fingerprint density at radius 2 is 1.76 bits per heavy atom. The lowest BCUT2D eigenvalue weighted by atomic mass is 9.84. The summed E-state index contributed by atoms with van der Waals surface area (Å²) in [6.45, 7) is 3.78. The Balaban J connectivity index is 0.965. The molecule has 0 bridgehead atoms. The second-order valence-corrected chi connectivity index (χ2v) is 12.0. The Morgan fingerprint density at radius 1 is 0.927 bits per heavy atom. The van der Waals surface area contributed by atoms with Gasteiger partial charge in [-0.1, -0.05) is 18.2 Å². The van der Waals surface area contributed by atoms with Crippen molar-refractivity contribution in [1.29, 1.82) is 0 Å². The van der Waals surface area contributed by atoms with Crippen molar-refractivity contribution in [3.8, 4) is 0 Å². The number of urea groups is 1. The third kappa shape index (κ3) is 5.14. The second kappa shape index (κ2) is 10.8. The van der Waals surface area contributed by atoms with E-state index in [-0.39, 0.29) is 11.9 Å². The topological polar surface area (TPSA) is 109 Å². The first-order chi connectivity index (χ1) is 20.0. The minimum atomic E-state index is -0.369. The molecule has 9 heteroatoms. The number of pyridine rings is 1. The van der Waals surface area contributed by atoms with Crippen LogP contribution in [0, 0.1) is 5.92 Å². The van der Waals surface area contributed by atoms with Crippen LogP contribution in [0.1, 0.15) is 62.5 Å². The summed E-state index contributed by atoms with van der Waals surface area (Å²) in [6, 6.07) is 12.4. The zero-order valence-corrected chi connectivity index (χ0v) is 23.3. The van der Waals surface area contributed by atoms with Crippen molar-refractivity contribution in [2.24, 2.45) is 5.92 Å². The molecule has 0 atom stereocenters. The monoisotopic (exact) mass is 551 g/mol. The van der Waals surface area contributed by atoms with Crippen molar-refractivity contribution < 1.29 is 9.59 Å². The van der Waals surface area contributed by atoms with E-state index in [0.29, 0.717) is 24.9 Å². The number of amides is 3. The molecule has 1 saturated carbocycles. The molecule has 41 heavy (non-hydrogen) atoms. The number of rotatable bonds is 5. The summed E-state index contributed by atoms with van der Waals surface area (Å²) in [5.74, 6) is 0.996. The van der Waals surface area contributed by atoms with Gasteiger partial charge in [0.25, 0.3) is 0 Å². The molecule has 2 aliphatic heterocycles. The number of hydrogen-bond donors (Lipinski definition) is 2.